The van der Waals surface area contributed by atoms with E-state index in [1.807, 2.05) is 19.1 Å². The molecule has 1 atom stereocenters. The first-order valence-corrected chi connectivity index (χ1v) is 4.97. The van der Waals surface area contributed by atoms with Gasteiger partial charge in [0.2, 0.25) is 0 Å². The van der Waals surface area contributed by atoms with E-state index in [0.29, 0.717) is 18.1 Å². The molecule has 0 N–H and O–H groups in total. The Morgan fingerprint density at radius 2 is 2.06 bits per heavy atom. The maximum atomic E-state index is 11.3. The molecule has 16 heavy (non-hydrogen) atoms. The number of methoxy groups -OCH3 is 1. The van der Waals surface area contributed by atoms with Crippen LogP contribution in [0, 0.1) is 5.92 Å². The Hall–Kier alpha value is -1.84. The molecule has 0 aromatic heterocycles. The summed E-state index contributed by atoms with van der Waals surface area (Å²) in [6, 6.07) is 0. The van der Waals surface area contributed by atoms with Crippen LogP contribution in [0.2, 0.25) is 0 Å². The number of ether oxygens (including phenoxy) is 2. The number of esters is 2. The van der Waals surface area contributed by atoms with Gasteiger partial charge in [-0.15, -0.1) is 0 Å². The Labute approximate surface area is 94.2 Å². The average Bonchev–Trinajstić information content (AvgIpc) is 2.26. The summed E-state index contributed by atoms with van der Waals surface area (Å²) < 4.78 is 9.38. The van der Waals surface area contributed by atoms with Crippen LogP contribution in [0.1, 0.15) is 13.3 Å². The molecular formula is C12H14O4. The highest BCUT2D eigenvalue weighted by molar-refractivity contribution is 5.91. The van der Waals surface area contributed by atoms with Crippen molar-refractivity contribution in [2.75, 3.05) is 7.11 Å². The van der Waals surface area contributed by atoms with Crippen LogP contribution in [-0.4, -0.2) is 19.0 Å². The Kier molecular flexibility index (Phi) is 4.51. The fourth-order valence-corrected chi connectivity index (χ4v) is 1.25. The molecule has 86 valence electrons. The molecule has 0 saturated heterocycles. The van der Waals surface area contributed by atoms with Crippen molar-refractivity contribution in [2.45, 2.75) is 13.3 Å². The minimum absolute atomic E-state index is 0.359. The van der Waals surface area contributed by atoms with Gasteiger partial charge in [0.15, 0.2) is 0 Å². The van der Waals surface area contributed by atoms with Gasteiger partial charge in [-0.3, -0.25) is 0 Å². The summed E-state index contributed by atoms with van der Waals surface area (Å²) in [4.78, 5) is 22.0. The molecule has 0 aromatic carbocycles. The summed E-state index contributed by atoms with van der Waals surface area (Å²) in [6.45, 7) is 2.03. The first-order valence-electron chi connectivity index (χ1n) is 4.97. The zero-order chi connectivity index (χ0) is 12.0. The molecular weight excluding hydrogens is 208 g/mol. The van der Waals surface area contributed by atoms with Crippen LogP contribution in [0.25, 0.3) is 0 Å². The molecule has 0 aromatic rings. The van der Waals surface area contributed by atoms with Crippen molar-refractivity contribution in [3.63, 3.8) is 0 Å². The van der Waals surface area contributed by atoms with Gasteiger partial charge in [0.05, 0.1) is 7.11 Å². The summed E-state index contributed by atoms with van der Waals surface area (Å²) in [7, 11) is 1.24. The van der Waals surface area contributed by atoms with Crippen LogP contribution in [0.15, 0.2) is 36.1 Å². The highest BCUT2D eigenvalue weighted by Crippen LogP contribution is 2.18. The third kappa shape index (κ3) is 4.13. The third-order valence-electron chi connectivity index (χ3n) is 2.03. The van der Waals surface area contributed by atoms with Gasteiger partial charge in [-0.1, -0.05) is 19.1 Å². The van der Waals surface area contributed by atoms with Crippen LogP contribution in [0.4, 0.5) is 0 Å². The number of hydrogen-bond acceptors (Lipinski definition) is 4. The van der Waals surface area contributed by atoms with E-state index in [2.05, 4.69) is 4.74 Å². The average molecular weight is 222 g/mol. The van der Waals surface area contributed by atoms with Crippen LogP contribution in [0.5, 0.6) is 0 Å². The van der Waals surface area contributed by atoms with E-state index in [4.69, 9.17) is 4.74 Å². The predicted octanol–water partition coefficient (Wildman–Crippen LogP) is 1.74. The van der Waals surface area contributed by atoms with E-state index < -0.39 is 11.9 Å². The smallest absolute Gasteiger partial charge is 0.336 e. The van der Waals surface area contributed by atoms with Gasteiger partial charge in [-0.05, 0) is 12.0 Å². The SMILES string of the molecule is COC(=O)/C=C\C(=O)OC1=CC=CC(C)C1. The number of rotatable bonds is 3. The number of hydrogen-bond donors (Lipinski definition) is 0. The maximum Gasteiger partial charge on any atom is 0.336 e. The Morgan fingerprint density at radius 1 is 1.38 bits per heavy atom. The summed E-state index contributed by atoms with van der Waals surface area (Å²) in [5, 5.41) is 0. The first-order chi connectivity index (χ1) is 7.61. The lowest BCUT2D eigenvalue weighted by molar-refractivity contribution is -0.137. The van der Waals surface area contributed by atoms with E-state index in [0.717, 1.165) is 12.2 Å². The fourth-order valence-electron chi connectivity index (χ4n) is 1.25. The largest absolute Gasteiger partial charge is 0.466 e. The van der Waals surface area contributed by atoms with E-state index >= 15 is 0 Å². The van der Waals surface area contributed by atoms with Crippen LogP contribution in [0.3, 0.4) is 0 Å². The summed E-state index contributed by atoms with van der Waals surface area (Å²) >= 11 is 0. The minimum Gasteiger partial charge on any atom is -0.466 e. The molecule has 0 aliphatic heterocycles. The van der Waals surface area contributed by atoms with Gasteiger partial charge in [-0.2, -0.15) is 0 Å². The fraction of sp³-hybridized carbons (Fsp3) is 0.333. The van der Waals surface area contributed by atoms with Gasteiger partial charge >= 0.3 is 11.9 Å². The van der Waals surface area contributed by atoms with Crippen molar-refractivity contribution in [1.29, 1.82) is 0 Å². The van der Waals surface area contributed by atoms with Crippen LogP contribution < -0.4 is 0 Å². The highest BCUT2D eigenvalue weighted by atomic mass is 16.5. The summed E-state index contributed by atoms with van der Waals surface area (Å²) in [5.74, 6) is -0.186. The molecule has 0 amide bonds. The monoisotopic (exact) mass is 222 g/mol. The molecule has 0 heterocycles. The Balaban J connectivity index is 2.46. The van der Waals surface area contributed by atoms with Gasteiger partial charge in [0, 0.05) is 18.6 Å². The number of carbonyl (C=O) groups excluding carboxylic acids is 2. The highest BCUT2D eigenvalue weighted by Gasteiger charge is 2.10. The number of allylic oxidation sites excluding steroid dienone is 4. The second-order valence-electron chi connectivity index (χ2n) is 3.48. The van der Waals surface area contributed by atoms with Crippen molar-refractivity contribution in [1.82, 2.24) is 0 Å². The molecule has 0 spiro atoms. The molecule has 0 bridgehead atoms. The topological polar surface area (TPSA) is 52.6 Å². The predicted molar refractivity (Wildman–Crippen MR) is 58.3 cm³/mol. The van der Waals surface area contributed by atoms with Crippen molar-refractivity contribution in [2.24, 2.45) is 5.92 Å². The lowest BCUT2D eigenvalue weighted by atomic mass is 10.0. The molecule has 1 aliphatic carbocycles. The van der Waals surface area contributed by atoms with E-state index in [-0.39, 0.29) is 0 Å². The molecule has 4 heteroatoms. The molecule has 0 radical (unpaired) electrons. The third-order valence-corrected chi connectivity index (χ3v) is 2.03. The summed E-state index contributed by atoms with van der Waals surface area (Å²) in [5.41, 5.74) is 0. The quantitative estimate of drug-likeness (QED) is 0.539. The Morgan fingerprint density at radius 3 is 2.69 bits per heavy atom. The van der Waals surface area contributed by atoms with E-state index in [1.54, 1.807) is 6.08 Å². The molecule has 1 rings (SSSR count). The van der Waals surface area contributed by atoms with Crippen molar-refractivity contribution >= 4 is 11.9 Å². The lowest BCUT2D eigenvalue weighted by Gasteiger charge is -2.13. The molecule has 1 aliphatic rings. The Bertz CT molecular complexity index is 363. The molecule has 4 nitrogen and oxygen atoms in total. The molecule has 0 saturated carbocycles. The summed E-state index contributed by atoms with van der Waals surface area (Å²) in [6.07, 6.45) is 8.39. The van der Waals surface area contributed by atoms with Crippen LogP contribution in [-0.2, 0) is 19.1 Å². The van der Waals surface area contributed by atoms with E-state index in [9.17, 15) is 9.59 Å². The zero-order valence-electron chi connectivity index (χ0n) is 9.30. The van der Waals surface area contributed by atoms with Crippen molar-refractivity contribution < 1.29 is 19.1 Å². The molecule has 0 fully saturated rings. The second-order valence-corrected chi connectivity index (χ2v) is 3.48. The maximum absolute atomic E-state index is 11.3. The standard InChI is InChI=1S/C12H14O4/c1-9-4-3-5-10(8-9)16-12(14)7-6-11(13)15-2/h3-7,9H,8H2,1-2H3/b7-6-. The van der Waals surface area contributed by atoms with Gasteiger partial charge in [0.1, 0.15) is 5.76 Å². The van der Waals surface area contributed by atoms with E-state index in [1.165, 1.54) is 7.11 Å². The first kappa shape index (κ1) is 12.2. The normalized spacial score (nSPS) is 19.4. The zero-order valence-corrected chi connectivity index (χ0v) is 9.30. The van der Waals surface area contributed by atoms with Gasteiger partial charge < -0.3 is 9.47 Å². The molecule has 1 unspecified atom stereocenters. The second kappa shape index (κ2) is 5.90. The van der Waals surface area contributed by atoms with Crippen molar-refractivity contribution in [3.05, 3.63) is 36.1 Å². The van der Waals surface area contributed by atoms with Crippen molar-refractivity contribution in [3.8, 4) is 0 Å². The number of carbonyl (C=O) groups is 2. The van der Waals surface area contributed by atoms with Gasteiger partial charge in [-0.25, -0.2) is 9.59 Å². The van der Waals surface area contributed by atoms with Gasteiger partial charge in [0.25, 0.3) is 0 Å². The lowest BCUT2D eigenvalue weighted by Crippen LogP contribution is -2.06. The minimum atomic E-state index is -0.581. The van der Waals surface area contributed by atoms with Crippen LogP contribution >= 0.6 is 0 Å².